The molecule has 4 heteroatoms. The zero-order valence-electron chi connectivity index (χ0n) is 11.6. The van der Waals surface area contributed by atoms with Gasteiger partial charge < -0.3 is 15.2 Å². The van der Waals surface area contributed by atoms with Crippen molar-refractivity contribution in [3.63, 3.8) is 0 Å². The lowest BCUT2D eigenvalue weighted by Crippen LogP contribution is -2.35. The zero-order valence-corrected chi connectivity index (χ0v) is 13.2. The summed E-state index contributed by atoms with van der Waals surface area (Å²) in [5.74, 6) is 1.76. The second kappa shape index (κ2) is 6.04. The molecule has 0 spiro atoms. The van der Waals surface area contributed by atoms with Gasteiger partial charge in [0.05, 0.1) is 0 Å². The molecule has 2 N–H and O–H groups in total. The van der Waals surface area contributed by atoms with Crippen molar-refractivity contribution >= 4 is 15.9 Å². The lowest BCUT2D eigenvalue weighted by Gasteiger charge is -2.17. The van der Waals surface area contributed by atoms with E-state index >= 15 is 0 Å². The van der Waals surface area contributed by atoms with Crippen LogP contribution in [0.5, 0.6) is 5.75 Å². The number of aliphatic hydroxyl groups is 1. The summed E-state index contributed by atoms with van der Waals surface area (Å²) in [6.07, 6.45) is 5.12. The third-order valence-corrected chi connectivity index (χ3v) is 4.98. The van der Waals surface area contributed by atoms with E-state index in [1.807, 2.05) is 24.3 Å². The van der Waals surface area contributed by atoms with E-state index in [1.54, 1.807) is 0 Å². The van der Waals surface area contributed by atoms with Gasteiger partial charge in [0.1, 0.15) is 18.5 Å². The fourth-order valence-electron chi connectivity index (χ4n) is 2.86. The Labute approximate surface area is 128 Å². The average molecular weight is 340 g/mol. The van der Waals surface area contributed by atoms with E-state index in [0.717, 1.165) is 22.7 Å². The highest BCUT2D eigenvalue weighted by Crippen LogP contribution is 2.60. The second-order valence-corrected chi connectivity index (χ2v) is 7.10. The number of ether oxygens (including phenoxy) is 1. The number of benzene rings is 1. The number of rotatable bonds is 8. The van der Waals surface area contributed by atoms with Gasteiger partial charge in [0.25, 0.3) is 0 Å². The first-order valence-corrected chi connectivity index (χ1v) is 8.24. The van der Waals surface area contributed by atoms with Gasteiger partial charge in [0.15, 0.2) is 0 Å². The zero-order chi connectivity index (χ0) is 14.0. The SMILES string of the molecule is OC(CNCC1(C2CC2)CC1)COc1ccc(Br)cc1. The van der Waals surface area contributed by atoms with E-state index in [-0.39, 0.29) is 0 Å². The molecule has 1 unspecified atom stereocenters. The minimum Gasteiger partial charge on any atom is -0.491 e. The maximum atomic E-state index is 9.94. The largest absolute Gasteiger partial charge is 0.491 e. The molecule has 2 aliphatic carbocycles. The Hall–Kier alpha value is -0.580. The highest BCUT2D eigenvalue weighted by atomic mass is 79.9. The van der Waals surface area contributed by atoms with E-state index in [1.165, 1.54) is 25.7 Å². The van der Waals surface area contributed by atoms with Crippen molar-refractivity contribution in [3.8, 4) is 5.75 Å². The molecule has 0 aromatic heterocycles. The Bertz CT molecular complexity index is 440. The van der Waals surface area contributed by atoms with Gasteiger partial charge in [-0.1, -0.05) is 15.9 Å². The molecule has 0 bridgehead atoms. The Morgan fingerprint density at radius 1 is 1.30 bits per heavy atom. The van der Waals surface area contributed by atoms with Gasteiger partial charge in [-0.2, -0.15) is 0 Å². The quantitative estimate of drug-likeness (QED) is 0.765. The van der Waals surface area contributed by atoms with E-state index in [2.05, 4.69) is 21.2 Å². The van der Waals surface area contributed by atoms with Crippen LogP contribution in [0.15, 0.2) is 28.7 Å². The molecule has 20 heavy (non-hydrogen) atoms. The number of nitrogens with one attached hydrogen (secondary N) is 1. The molecule has 1 aromatic rings. The molecule has 0 amide bonds. The van der Waals surface area contributed by atoms with Crippen LogP contribution < -0.4 is 10.1 Å². The molecule has 1 aromatic carbocycles. The summed E-state index contributed by atoms with van der Waals surface area (Å²) in [5, 5.41) is 13.4. The van der Waals surface area contributed by atoms with Crippen LogP contribution in [-0.2, 0) is 0 Å². The van der Waals surface area contributed by atoms with Crippen LogP contribution in [0.2, 0.25) is 0 Å². The molecule has 110 valence electrons. The first-order valence-electron chi connectivity index (χ1n) is 7.45. The lowest BCUT2D eigenvalue weighted by molar-refractivity contribution is 0.104. The Morgan fingerprint density at radius 2 is 2.00 bits per heavy atom. The van der Waals surface area contributed by atoms with E-state index in [9.17, 15) is 5.11 Å². The second-order valence-electron chi connectivity index (χ2n) is 6.19. The van der Waals surface area contributed by atoms with E-state index in [0.29, 0.717) is 18.6 Å². The van der Waals surface area contributed by atoms with Crippen LogP contribution in [-0.4, -0.2) is 30.9 Å². The maximum absolute atomic E-state index is 9.94. The van der Waals surface area contributed by atoms with Crippen LogP contribution >= 0.6 is 15.9 Å². The summed E-state index contributed by atoms with van der Waals surface area (Å²) in [4.78, 5) is 0. The van der Waals surface area contributed by atoms with Crippen LogP contribution in [0.4, 0.5) is 0 Å². The summed E-state index contributed by atoms with van der Waals surface area (Å²) in [6.45, 7) is 2.02. The fraction of sp³-hybridized carbons (Fsp3) is 0.625. The van der Waals surface area contributed by atoms with Gasteiger partial charge >= 0.3 is 0 Å². The Kier molecular flexibility index (Phi) is 4.34. The number of aliphatic hydroxyl groups excluding tert-OH is 1. The highest BCUT2D eigenvalue weighted by Gasteiger charge is 2.53. The molecule has 2 saturated carbocycles. The van der Waals surface area contributed by atoms with E-state index < -0.39 is 6.10 Å². The lowest BCUT2D eigenvalue weighted by atomic mass is 10.0. The standard InChI is InChI=1S/C16H22BrNO2/c17-13-3-5-15(6-4-13)20-10-14(19)9-18-11-16(7-8-16)12-1-2-12/h3-6,12,14,18-19H,1-2,7-11H2. The van der Waals surface area contributed by atoms with Crippen molar-refractivity contribution in [1.82, 2.24) is 5.32 Å². The van der Waals surface area contributed by atoms with Gasteiger partial charge in [0, 0.05) is 17.6 Å². The van der Waals surface area contributed by atoms with Crippen molar-refractivity contribution < 1.29 is 9.84 Å². The van der Waals surface area contributed by atoms with Crippen molar-refractivity contribution in [2.24, 2.45) is 11.3 Å². The van der Waals surface area contributed by atoms with Crippen molar-refractivity contribution in [1.29, 1.82) is 0 Å². The summed E-state index contributed by atoms with van der Waals surface area (Å²) in [6, 6.07) is 7.67. The van der Waals surface area contributed by atoms with Gasteiger partial charge in [-0.15, -0.1) is 0 Å². The Balaban J connectivity index is 1.33. The minimum absolute atomic E-state index is 0.338. The molecule has 0 radical (unpaired) electrons. The van der Waals surface area contributed by atoms with Gasteiger partial charge in [-0.3, -0.25) is 0 Å². The fourth-order valence-corrected chi connectivity index (χ4v) is 3.12. The molecule has 0 aliphatic heterocycles. The smallest absolute Gasteiger partial charge is 0.119 e. The summed E-state index contributed by atoms with van der Waals surface area (Å²) < 4.78 is 6.60. The van der Waals surface area contributed by atoms with Gasteiger partial charge in [-0.25, -0.2) is 0 Å². The molecular weight excluding hydrogens is 318 g/mol. The van der Waals surface area contributed by atoms with Gasteiger partial charge in [0.2, 0.25) is 0 Å². The van der Waals surface area contributed by atoms with Gasteiger partial charge in [-0.05, 0) is 61.3 Å². The molecule has 2 fully saturated rings. The summed E-state index contributed by atoms with van der Waals surface area (Å²) >= 11 is 3.39. The Morgan fingerprint density at radius 3 is 2.60 bits per heavy atom. The third kappa shape index (κ3) is 3.74. The molecule has 0 saturated heterocycles. The maximum Gasteiger partial charge on any atom is 0.119 e. The number of hydrogen-bond donors (Lipinski definition) is 2. The molecule has 1 atom stereocenters. The van der Waals surface area contributed by atoms with E-state index in [4.69, 9.17) is 4.74 Å². The molecular formula is C16H22BrNO2. The third-order valence-electron chi connectivity index (χ3n) is 4.45. The first kappa shape index (κ1) is 14.4. The highest BCUT2D eigenvalue weighted by molar-refractivity contribution is 9.10. The van der Waals surface area contributed by atoms with Crippen LogP contribution in [0.1, 0.15) is 25.7 Å². The van der Waals surface area contributed by atoms with Crippen molar-refractivity contribution in [2.75, 3.05) is 19.7 Å². The topological polar surface area (TPSA) is 41.5 Å². The molecule has 0 heterocycles. The van der Waals surface area contributed by atoms with Crippen molar-refractivity contribution in [2.45, 2.75) is 31.8 Å². The first-order chi connectivity index (χ1) is 9.68. The number of halogens is 1. The monoisotopic (exact) mass is 339 g/mol. The summed E-state index contributed by atoms with van der Waals surface area (Å²) in [5.41, 5.74) is 0.590. The number of hydrogen-bond acceptors (Lipinski definition) is 3. The molecule has 3 nitrogen and oxygen atoms in total. The van der Waals surface area contributed by atoms with Crippen molar-refractivity contribution in [3.05, 3.63) is 28.7 Å². The predicted octanol–water partition coefficient (Wildman–Crippen LogP) is 2.97. The molecule has 2 aliphatic rings. The predicted molar refractivity (Wildman–Crippen MR) is 82.9 cm³/mol. The summed E-state index contributed by atoms with van der Waals surface area (Å²) in [7, 11) is 0. The normalized spacial score (nSPS) is 21.5. The molecule has 3 rings (SSSR count). The van der Waals surface area contributed by atoms with Crippen LogP contribution in [0, 0.1) is 11.3 Å². The minimum atomic E-state index is -0.450. The average Bonchev–Trinajstić information content (AvgIpc) is 3.30. The van der Waals surface area contributed by atoms with Crippen LogP contribution in [0.3, 0.4) is 0 Å². The van der Waals surface area contributed by atoms with Crippen LogP contribution in [0.25, 0.3) is 0 Å².